The summed E-state index contributed by atoms with van der Waals surface area (Å²) in [5.41, 5.74) is 0.0530. The van der Waals surface area contributed by atoms with E-state index in [1.807, 2.05) is 20.8 Å². The minimum Gasteiger partial charge on any atom is -0.432 e. The van der Waals surface area contributed by atoms with E-state index in [-0.39, 0.29) is 17.6 Å². The third kappa shape index (κ3) is 10.6. The van der Waals surface area contributed by atoms with Crippen molar-refractivity contribution in [2.24, 2.45) is 5.41 Å². The van der Waals surface area contributed by atoms with Crippen molar-refractivity contribution >= 4 is 6.16 Å². The molecule has 0 aromatic heterocycles. The molecule has 0 aromatic rings. The Bertz CT molecular complexity index is 301. The van der Waals surface area contributed by atoms with Crippen LogP contribution in [0.3, 0.4) is 0 Å². The number of carbonyl (C=O) groups excluding carboxylic acids is 1. The van der Waals surface area contributed by atoms with E-state index in [0.717, 1.165) is 12.8 Å². The van der Waals surface area contributed by atoms with E-state index < -0.39 is 6.16 Å². The zero-order valence-electron chi connectivity index (χ0n) is 16.5. The van der Waals surface area contributed by atoms with Crippen LogP contribution in [0.5, 0.6) is 0 Å². The molecule has 23 heavy (non-hydrogen) atoms. The summed E-state index contributed by atoms with van der Waals surface area (Å²) in [5.74, 6) is 0. The van der Waals surface area contributed by atoms with Crippen LogP contribution in [0.4, 0.5) is 4.79 Å². The number of carbonyl (C=O) groups is 1. The first-order valence-corrected chi connectivity index (χ1v) is 9.73. The van der Waals surface area contributed by atoms with Gasteiger partial charge < -0.3 is 9.47 Å². The summed E-state index contributed by atoms with van der Waals surface area (Å²) in [6.45, 7) is 12.5. The molecule has 2 unspecified atom stereocenters. The predicted molar refractivity (Wildman–Crippen MR) is 97.8 cm³/mol. The van der Waals surface area contributed by atoms with Crippen molar-refractivity contribution in [1.29, 1.82) is 0 Å². The lowest BCUT2D eigenvalue weighted by Crippen LogP contribution is -2.35. The molecule has 0 aliphatic carbocycles. The normalized spacial score (nSPS) is 15.3. The van der Waals surface area contributed by atoms with E-state index in [0.29, 0.717) is 0 Å². The third-order valence-electron chi connectivity index (χ3n) is 4.79. The predicted octanol–water partition coefficient (Wildman–Crippen LogP) is 6.88. The Morgan fingerprint density at radius 3 is 1.83 bits per heavy atom. The van der Waals surface area contributed by atoms with Gasteiger partial charge in [-0.3, -0.25) is 0 Å². The third-order valence-corrected chi connectivity index (χ3v) is 4.79. The van der Waals surface area contributed by atoms with E-state index in [2.05, 4.69) is 20.8 Å². The monoisotopic (exact) mass is 328 g/mol. The molecule has 0 heterocycles. The lowest BCUT2D eigenvalue weighted by atomic mass is 9.75. The minimum absolute atomic E-state index is 0.0530. The maximum absolute atomic E-state index is 11.8. The van der Waals surface area contributed by atoms with E-state index in [1.165, 1.54) is 51.4 Å². The van der Waals surface area contributed by atoms with Crippen LogP contribution >= 0.6 is 0 Å². The number of ether oxygens (including phenoxy) is 2. The van der Waals surface area contributed by atoms with E-state index >= 15 is 0 Å². The summed E-state index contributed by atoms with van der Waals surface area (Å²) in [5, 5.41) is 0. The Kier molecular flexibility index (Phi) is 12.3. The van der Waals surface area contributed by atoms with Gasteiger partial charge >= 0.3 is 6.16 Å². The maximum atomic E-state index is 11.8. The van der Waals surface area contributed by atoms with Crippen LogP contribution in [-0.4, -0.2) is 18.4 Å². The van der Waals surface area contributed by atoms with Gasteiger partial charge in [-0.25, -0.2) is 4.79 Å². The second-order valence-corrected chi connectivity index (χ2v) is 7.45. The number of hydrogen-bond donors (Lipinski definition) is 0. The first-order valence-electron chi connectivity index (χ1n) is 9.73. The van der Waals surface area contributed by atoms with Crippen LogP contribution in [-0.2, 0) is 9.47 Å². The molecule has 0 aliphatic heterocycles. The average molecular weight is 329 g/mol. The Labute approximate surface area is 144 Å². The molecule has 0 rings (SSSR count). The number of rotatable bonds is 13. The van der Waals surface area contributed by atoms with Gasteiger partial charge in [0.05, 0.1) is 6.10 Å². The summed E-state index contributed by atoms with van der Waals surface area (Å²) in [4.78, 5) is 11.8. The Morgan fingerprint density at radius 2 is 1.30 bits per heavy atom. The topological polar surface area (TPSA) is 35.5 Å². The van der Waals surface area contributed by atoms with Gasteiger partial charge in [0, 0.05) is 5.41 Å². The molecule has 0 fully saturated rings. The maximum Gasteiger partial charge on any atom is 0.508 e. The lowest BCUT2D eigenvalue weighted by Gasteiger charge is -2.35. The van der Waals surface area contributed by atoms with Gasteiger partial charge in [0.15, 0.2) is 0 Å². The van der Waals surface area contributed by atoms with Crippen molar-refractivity contribution < 1.29 is 14.3 Å². The van der Waals surface area contributed by atoms with Crippen molar-refractivity contribution in [3.63, 3.8) is 0 Å². The van der Waals surface area contributed by atoms with Crippen molar-refractivity contribution in [3.05, 3.63) is 0 Å². The largest absolute Gasteiger partial charge is 0.508 e. The highest BCUT2D eigenvalue weighted by Crippen LogP contribution is 2.36. The van der Waals surface area contributed by atoms with Gasteiger partial charge in [0.2, 0.25) is 0 Å². The molecule has 0 N–H and O–H groups in total. The number of unbranched alkanes of at least 4 members (excludes halogenated alkanes) is 6. The summed E-state index contributed by atoms with van der Waals surface area (Å²) in [6.07, 6.45) is 11.5. The Hall–Kier alpha value is -0.730. The zero-order valence-corrected chi connectivity index (χ0v) is 16.5. The molecule has 0 saturated heterocycles. The van der Waals surface area contributed by atoms with Gasteiger partial charge in [-0.2, -0.15) is 0 Å². The van der Waals surface area contributed by atoms with Gasteiger partial charge in [-0.15, -0.1) is 0 Å². The van der Waals surface area contributed by atoms with E-state index in [9.17, 15) is 4.79 Å². The summed E-state index contributed by atoms with van der Waals surface area (Å²) < 4.78 is 10.7. The van der Waals surface area contributed by atoms with E-state index in [1.54, 1.807) is 0 Å². The van der Waals surface area contributed by atoms with E-state index in [4.69, 9.17) is 9.47 Å². The second-order valence-electron chi connectivity index (χ2n) is 7.45. The highest BCUT2D eigenvalue weighted by Gasteiger charge is 2.33. The van der Waals surface area contributed by atoms with Gasteiger partial charge in [0.1, 0.15) is 6.10 Å². The van der Waals surface area contributed by atoms with Gasteiger partial charge in [-0.05, 0) is 33.6 Å². The molecule has 0 bridgehead atoms. The standard InChI is InChI=1S/C20H40O3/c1-7-9-11-12-14-16-20(6,15-13-10-8-2)18(5)23-19(21)22-17(3)4/h17-18H,7-16H2,1-6H3. The molecule has 3 heteroatoms. The van der Waals surface area contributed by atoms with Crippen LogP contribution in [0.2, 0.25) is 0 Å². The fourth-order valence-electron chi connectivity index (χ4n) is 2.95. The molecule has 3 nitrogen and oxygen atoms in total. The highest BCUT2D eigenvalue weighted by atomic mass is 16.7. The first-order chi connectivity index (χ1) is 10.9. The van der Waals surface area contributed by atoms with Crippen LogP contribution in [0.1, 0.15) is 106 Å². The molecule has 0 spiro atoms. The van der Waals surface area contributed by atoms with Crippen LogP contribution in [0.15, 0.2) is 0 Å². The molecule has 0 aliphatic rings. The van der Waals surface area contributed by atoms with Crippen molar-refractivity contribution in [2.75, 3.05) is 0 Å². The fraction of sp³-hybridized carbons (Fsp3) is 0.950. The van der Waals surface area contributed by atoms with Gasteiger partial charge in [-0.1, -0.05) is 72.1 Å². The molecule has 0 saturated carbocycles. The molecule has 0 radical (unpaired) electrons. The van der Waals surface area contributed by atoms with Crippen molar-refractivity contribution in [2.45, 2.75) is 118 Å². The van der Waals surface area contributed by atoms with Crippen LogP contribution in [0.25, 0.3) is 0 Å². The minimum atomic E-state index is -0.528. The molecular weight excluding hydrogens is 288 g/mol. The van der Waals surface area contributed by atoms with Crippen molar-refractivity contribution in [1.82, 2.24) is 0 Å². The molecule has 138 valence electrons. The number of hydrogen-bond acceptors (Lipinski definition) is 3. The summed E-state index contributed by atoms with van der Waals surface area (Å²) in [7, 11) is 0. The quantitative estimate of drug-likeness (QED) is 0.273. The van der Waals surface area contributed by atoms with Crippen molar-refractivity contribution in [3.8, 4) is 0 Å². The first kappa shape index (κ1) is 22.3. The summed E-state index contributed by atoms with van der Waals surface area (Å²) in [6, 6.07) is 0. The molecular formula is C20H40O3. The summed E-state index contributed by atoms with van der Waals surface area (Å²) >= 11 is 0. The average Bonchev–Trinajstić information content (AvgIpc) is 2.46. The molecule has 2 atom stereocenters. The Morgan fingerprint density at radius 1 is 0.826 bits per heavy atom. The highest BCUT2D eigenvalue weighted by molar-refractivity contribution is 5.60. The van der Waals surface area contributed by atoms with Gasteiger partial charge in [0.25, 0.3) is 0 Å². The molecule has 0 aromatic carbocycles. The van der Waals surface area contributed by atoms with Crippen LogP contribution in [0, 0.1) is 5.41 Å². The van der Waals surface area contributed by atoms with Crippen LogP contribution < -0.4 is 0 Å². The fourth-order valence-corrected chi connectivity index (χ4v) is 2.95. The zero-order chi connectivity index (χ0) is 17.7. The molecule has 0 amide bonds. The Balaban J connectivity index is 4.51. The second kappa shape index (κ2) is 12.7. The SMILES string of the molecule is CCCCCCCC(C)(CCCCC)C(C)OC(=O)OC(C)C. The smallest absolute Gasteiger partial charge is 0.432 e. The lowest BCUT2D eigenvalue weighted by molar-refractivity contribution is -0.0367.